The van der Waals surface area contributed by atoms with Crippen molar-refractivity contribution in [2.45, 2.75) is 109 Å². The van der Waals surface area contributed by atoms with E-state index in [1.807, 2.05) is 0 Å². The van der Waals surface area contributed by atoms with Gasteiger partial charge in [0.25, 0.3) is 7.82 Å². The van der Waals surface area contributed by atoms with Crippen molar-refractivity contribution in [2.24, 2.45) is 0 Å². The summed E-state index contributed by atoms with van der Waals surface area (Å²) in [6.07, 6.45) is 17.3. The third-order valence-corrected chi connectivity index (χ3v) is 6.07. The van der Waals surface area contributed by atoms with Gasteiger partial charge in [0.2, 0.25) is 0 Å². The van der Waals surface area contributed by atoms with Gasteiger partial charge in [-0.25, -0.2) is 0 Å². The number of carbonyl (C=O) groups is 1. The monoisotopic (exact) mass is 509 g/mol. The highest BCUT2D eigenvalue weighted by molar-refractivity contribution is 7.45. The number of hydrogen-bond donors (Lipinski definition) is 3. The van der Waals surface area contributed by atoms with Gasteiger partial charge >= 0.3 is 5.97 Å². The van der Waals surface area contributed by atoms with Crippen molar-refractivity contribution in [3.8, 4) is 0 Å². The number of carbonyl (C=O) groups excluding carboxylic acids is 1. The SMILES string of the molecule is CCCCCCCC/C=C\CCCCCCCC(=O)OC[C@H](O)COP(=O)([O-])OC[C@H](O)CO. The van der Waals surface area contributed by atoms with E-state index in [9.17, 15) is 19.4 Å². The first-order valence-corrected chi connectivity index (χ1v) is 14.1. The summed E-state index contributed by atoms with van der Waals surface area (Å²) in [5.74, 6) is -0.454. The second-order valence-corrected chi connectivity index (χ2v) is 9.96. The summed E-state index contributed by atoms with van der Waals surface area (Å²) in [5.41, 5.74) is 0. The Balaban J connectivity index is 3.56. The van der Waals surface area contributed by atoms with E-state index in [0.717, 1.165) is 32.1 Å². The van der Waals surface area contributed by atoms with Crippen molar-refractivity contribution >= 4 is 13.8 Å². The molecule has 0 aliphatic rings. The number of aliphatic hydroxyl groups excluding tert-OH is 3. The number of rotatable bonds is 24. The van der Waals surface area contributed by atoms with Crippen LogP contribution in [0.1, 0.15) is 96.8 Å². The molecule has 0 aromatic carbocycles. The van der Waals surface area contributed by atoms with Gasteiger partial charge in [0.1, 0.15) is 18.8 Å². The van der Waals surface area contributed by atoms with Crippen molar-refractivity contribution in [1.29, 1.82) is 0 Å². The van der Waals surface area contributed by atoms with Gasteiger partial charge in [0, 0.05) is 6.42 Å². The average Bonchev–Trinajstić information content (AvgIpc) is 2.82. The van der Waals surface area contributed by atoms with E-state index < -0.39 is 45.8 Å². The summed E-state index contributed by atoms with van der Waals surface area (Å²) < 4.78 is 25.1. The lowest BCUT2D eigenvalue weighted by Gasteiger charge is -2.24. The van der Waals surface area contributed by atoms with Crippen LogP contribution < -0.4 is 4.89 Å². The predicted molar refractivity (Wildman–Crippen MR) is 129 cm³/mol. The van der Waals surface area contributed by atoms with Crippen LogP contribution in [-0.2, 0) is 23.1 Å². The molecule has 3 N–H and O–H groups in total. The molecule has 3 atom stereocenters. The Labute approximate surface area is 205 Å². The van der Waals surface area contributed by atoms with Gasteiger partial charge in [0.05, 0.1) is 19.8 Å². The van der Waals surface area contributed by atoms with E-state index in [4.69, 9.17) is 14.9 Å². The molecule has 1 unspecified atom stereocenters. The van der Waals surface area contributed by atoms with Crippen LogP contribution in [0.2, 0.25) is 0 Å². The molecule has 0 spiro atoms. The lowest BCUT2D eigenvalue weighted by atomic mass is 10.1. The first-order chi connectivity index (χ1) is 16.3. The normalized spacial score (nSPS) is 15.3. The number of unbranched alkanes of at least 4 members (excludes halogenated alkanes) is 11. The molecule has 0 aromatic rings. The van der Waals surface area contributed by atoms with Gasteiger partial charge in [-0.3, -0.25) is 9.36 Å². The molecular weight excluding hydrogens is 463 g/mol. The molecule has 0 bridgehead atoms. The minimum Gasteiger partial charge on any atom is -0.756 e. The van der Waals surface area contributed by atoms with Crippen LogP contribution in [0.25, 0.3) is 0 Å². The van der Waals surface area contributed by atoms with Crippen molar-refractivity contribution in [1.82, 2.24) is 0 Å². The van der Waals surface area contributed by atoms with Crippen LogP contribution in [0.3, 0.4) is 0 Å². The van der Waals surface area contributed by atoms with E-state index >= 15 is 0 Å². The molecule has 0 rings (SSSR count). The lowest BCUT2D eigenvalue weighted by Crippen LogP contribution is -2.26. The quantitative estimate of drug-likeness (QED) is 0.0765. The molecule has 0 aromatic heterocycles. The third kappa shape index (κ3) is 23.0. The summed E-state index contributed by atoms with van der Waals surface area (Å²) in [6.45, 7) is -0.105. The standard InChI is InChI=1S/C24H47O9P/c1-2-3-4-5-6-7-8-9-10-11-12-13-14-15-16-17-24(28)31-19-23(27)21-33-34(29,30)32-20-22(26)18-25/h9-10,22-23,25-27H,2-8,11-21H2,1H3,(H,29,30)/p-1/b10-9-/t22-,23+/m1/s1. The van der Waals surface area contributed by atoms with Crippen LogP contribution in [-0.4, -0.2) is 59.9 Å². The van der Waals surface area contributed by atoms with Gasteiger partial charge in [-0.2, -0.15) is 0 Å². The smallest absolute Gasteiger partial charge is 0.305 e. The molecule has 9 nitrogen and oxygen atoms in total. The zero-order chi connectivity index (χ0) is 25.5. The molecular formula is C24H46O9P-. The lowest BCUT2D eigenvalue weighted by molar-refractivity contribution is -0.229. The number of allylic oxidation sites excluding steroid dienone is 2. The van der Waals surface area contributed by atoms with Gasteiger partial charge in [0.15, 0.2) is 0 Å². The maximum Gasteiger partial charge on any atom is 0.305 e. The minimum absolute atomic E-state index is 0.244. The van der Waals surface area contributed by atoms with Gasteiger partial charge in [-0.05, 0) is 32.1 Å². The van der Waals surface area contributed by atoms with Crippen molar-refractivity contribution in [3.63, 3.8) is 0 Å². The molecule has 0 saturated carbocycles. The van der Waals surface area contributed by atoms with Crippen molar-refractivity contribution < 1.29 is 43.4 Å². The van der Waals surface area contributed by atoms with Crippen LogP contribution in [0, 0.1) is 0 Å². The zero-order valence-electron chi connectivity index (χ0n) is 20.8. The van der Waals surface area contributed by atoms with E-state index in [1.165, 1.54) is 44.9 Å². The van der Waals surface area contributed by atoms with Crippen LogP contribution in [0.5, 0.6) is 0 Å². The molecule has 0 amide bonds. The topological polar surface area (TPSA) is 146 Å². The summed E-state index contributed by atoms with van der Waals surface area (Å²) >= 11 is 0. The highest BCUT2D eigenvalue weighted by Crippen LogP contribution is 2.38. The largest absolute Gasteiger partial charge is 0.756 e. The number of esters is 1. The number of aliphatic hydroxyl groups is 3. The predicted octanol–water partition coefficient (Wildman–Crippen LogP) is 3.78. The molecule has 0 radical (unpaired) electrons. The summed E-state index contributed by atoms with van der Waals surface area (Å²) in [4.78, 5) is 23.1. The highest BCUT2D eigenvalue weighted by Gasteiger charge is 2.16. The second-order valence-electron chi connectivity index (χ2n) is 8.55. The van der Waals surface area contributed by atoms with Gasteiger partial charge in [-0.1, -0.05) is 70.4 Å². The Morgan fingerprint density at radius 3 is 1.88 bits per heavy atom. The fourth-order valence-electron chi connectivity index (χ4n) is 3.09. The second kappa shape index (κ2) is 22.7. The number of hydrogen-bond acceptors (Lipinski definition) is 9. The average molecular weight is 510 g/mol. The first kappa shape index (κ1) is 33.2. The molecule has 10 heteroatoms. The molecule has 0 heterocycles. The summed E-state index contributed by atoms with van der Waals surface area (Å²) in [7, 11) is -4.73. The Kier molecular flexibility index (Phi) is 22.1. The van der Waals surface area contributed by atoms with Crippen molar-refractivity contribution in [3.05, 3.63) is 12.2 Å². The zero-order valence-corrected chi connectivity index (χ0v) is 21.7. The van der Waals surface area contributed by atoms with E-state index in [0.29, 0.717) is 6.42 Å². The van der Waals surface area contributed by atoms with Crippen LogP contribution in [0.15, 0.2) is 12.2 Å². The van der Waals surface area contributed by atoms with Crippen LogP contribution >= 0.6 is 7.82 Å². The van der Waals surface area contributed by atoms with Gasteiger partial charge in [-0.15, -0.1) is 0 Å². The molecule has 202 valence electrons. The Bertz CT molecular complexity index is 557. The minimum atomic E-state index is -4.73. The first-order valence-electron chi connectivity index (χ1n) is 12.7. The van der Waals surface area contributed by atoms with E-state index in [-0.39, 0.29) is 13.0 Å². The van der Waals surface area contributed by atoms with Crippen LogP contribution in [0.4, 0.5) is 0 Å². The maximum atomic E-state index is 11.7. The molecule has 34 heavy (non-hydrogen) atoms. The third-order valence-electron chi connectivity index (χ3n) is 5.14. The fraction of sp³-hybridized carbons (Fsp3) is 0.875. The molecule has 0 aliphatic carbocycles. The number of phosphoric acid groups is 1. The fourth-order valence-corrected chi connectivity index (χ4v) is 3.88. The molecule has 0 saturated heterocycles. The van der Waals surface area contributed by atoms with E-state index in [2.05, 4.69) is 28.1 Å². The van der Waals surface area contributed by atoms with E-state index in [1.54, 1.807) is 0 Å². The maximum absolute atomic E-state index is 11.7. The number of ether oxygens (including phenoxy) is 1. The van der Waals surface area contributed by atoms with Crippen molar-refractivity contribution in [2.75, 3.05) is 26.4 Å². The molecule has 0 aliphatic heterocycles. The Hall–Kier alpha value is -0.800. The summed E-state index contributed by atoms with van der Waals surface area (Å²) in [6, 6.07) is 0. The Morgan fingerprint density at radius 1 is 0.824 bits per heavy atom. The van der Waals surface area contributed by atoms with Gasteiger partial charge < -0.3 is 34.0 Å². The number of phosphoric ester groups is 1. The highest BCUT2D eigenvalue weighted by atomic mass is 31.2. The molecule has 0 fully saturated rings. The summed E-state index contributed by atoms with van der Waals surface area (Å²) in [5, 5.41) is 27.3. The Morgan fingerprint density at radius 2 is 1.32 bits per heavy atom.